The van der Waals surface area contributed by atoms with E-state index in [1.807, 2.05) is 26.2 Å². The summed E-state index contributed by atoms with van der Waals surface area (Å²) in [6.07, 6.45) is 8.93. The summed E-state index contributed by atoms with van der Waals surface area (Å²) >= 11 is 0. The monoisotopic (exact) mass is 181 g/mol. The van der Waals surface area contributed by atoms with E-state index in [2.05, 4.69) is 24.0 Å². The first-order valence-corrected chi connectivity index (χ1v) is 4.80. The molecule has 13 heavy (non-hydrogen) atoms. The third kappa shape index (κ3) is 2.68. The second kappa shape index (κ2) is 4.58. The Morgan fingerprint density at radius 1 is 1.38 bits per heavy atom. The van der Waals surface area contributed by atoms with Gasteiger partial charge in [-0.1, -0.05) is 24.3 Å². The summed E-state index contributed by atoms with van der Waals surface area (Å²) in [6.45, 7) is 2.05. The third-order valence-corrected chi connectivity index (χ3v) is 2.76. The van der Waals surface area contributed by atoms with E-state index in [4.69, 9.17) is 0 Å². The number of aliphatic hydroxyl groups excluding tert-OH is 1. The number of nitrogens with zero attached hydrogens (tertiary/aromatic N) is 1. The fourth-order valence-corrected chi connectivity index (χ4v) is 1.52. The molecule has 0 radical (unpaired) electrons. The van der Waals surface area contributed by atoms with Gasteiger partial charge in [0.15, 0.2) is 0 Å². The van der Waals surface area contributed by atoms with Crippen LogP contribution in [0.15, 0.2) is 24.3 Å². The van der Waals surface area contributed by atoms with Crippen molar-refractivity contribution in [2.45, 2.75) is 25.5 Å². The molecule has 1 N–H and O–H groups in total. The summed E-state index contributed by atoms with van der Waals surface area (Å²) in [5.74, 6) is 0.280. The zero-order valence-corrected chi connectivity index (χ0v) is 8.64. The summed E-state index contributed by atoms with van der Waals surface area (Å²) in [4.78, 5) is 2.05. The van der Waals surface area contributed by atoms with Gasteiger partial charge in [0.25, 0.3) is 0 Å². The Bertz CT molecular complexity index is 208. The first kappa shape index (κ1) is 10.5. The van der Waals surface area contributed by atoms with Crippen LogP contribution in [0.1, 0.15) is 13.3 Å². The highest BCUT2D eigenvalue weighted by Gasteiger charge is 2.23. The van der Waals surface area contributed by atoms with Gasteiger partial charge >= 0.3 is 0 Å². The van der Waals surface area contributed by atoms with Crippen LogP contribution in [-0.2, 0) is 0 Å². The van der Waals surface area contributed by atoms with Gasteiger partial charge in [-0.25, -0.2) is 0 Å². The molecule has 0 aromatic heterocycles. The van der Waals surface area contributed by atoms with Crippen LogP contribution in [0.3, 0.4) is 0 Å². The van der Waals surface area contributed by atoms with E-state index in [9.17, 15) is 5.11 Å². The summed E-state index contributed by atoms with van der Waals surface area (Å²) in [6, 6.07) is 0.209. The normalized spacial score (nSPS) is 26.4. The second-order valence-electron chi connectivity index (χ2n) is 3.91. The molecule has 0 saturated carbocycles. The van der Waals surface area contributed by atoms with E-state index in [-0.39, 0.29) is 18.1 Å². The molecule has 1 rings (SSSR count). The summed E-state index contributed by atoms with van der Waals surface area (Å²) in [5.41, 5.74) is 0. The number of hydrogen-bond acceptors (Lipinski definition) is 2. The second-order valence-corrected chi connectivity index (χ2v) is 3.91. The maximum absolute atomic E-state index is 9.99. The first-order chi connectivity index (χ1) is 6.13. The van der Waals surface area contributed by atoms with Crippen LogP contribution in [-0.4, -0.2) is 36.2 Å². The summed E-state index contributed by atoms with van der Waals surface area (Å²) in [5, 5.41) is 9.99. The molecule has 1 aliphatic rings. The van der Waals surface area contributed by atoms with Gasteiger partial charge in [0.05, 0.1) is 6.10 Å². The van der Waals surface area contributed by atoms with Crippen molar-refractivity contribution in [1.82, 2.24) is 4.90 Å². The molecule has 74 valence electrons. The average molecular weight is 181 g/mol. The van der Waals surface area contributed by atoms with Crippen molar-refractivity contribution in [1.29, 1.82) is 0 Å². The standard InChI is InChI=1S/C11H19NO/c1-9(12(2)3)11(13)10-7-5-4-6-8-10/h4-7,9-11,13H,8H2,1-3H3/t9-,10?,11-/m0/s1. The highest BCUT2D eigenvalue weighted by molar-refractivity contribution is 5.12. The largest absolute Gasteiger partial charge is 0.391 e. The molecule has 0 spiro atoms. The lowest BCUT2D eigenvalue weighted by Gasteiger charge is -2.30. The van der Waals surface area contributed by atoms with Crippen LogP contribution in [0, 0.1) is 5.92 Å². The molecule has 1 unspecified atom stereocenters. The molecule has 0 heterocycles. The Morgan fingerprint density at radius 3 is 2.54 bits per heavy atom. The van der Waals surface area contributed by atoms with Crippen molar-refractivity contribution in [2.75, 3.05) is 14.1 Å². The maximum atomic E-state index is 9.99. The van der Waals surface area contributed by atoms with Gasteiger partial charge in [0.2, 0.25) is 0 Å². The highest BCUT2D eigenvalue weighted by atomic mass is 16.3. The number of likely N-dealkylation sites (N-methyl/N-ethyl adjacent to an activating group) is 1. The predicted octanol–water partition coefficient (Wildman–Crippen LogP) is 1.43. The number of allylic oxidation sites excluding steroid dienone is 3. The molecule has 1 aliphatic carbocycles. The van der Waals surface area contributed by atoms with Crippen molar-refractivity contribution in [3.05, 3.63) is 24.3 Å². The molecule has 0 aliphatic heterocycles. The highest BCUT2D eigenvalue weighted by Crippen LogP contribution is 2.19. The SMILES string of the molecule is C[C@@H]([C@H](O)C1C=CC=CC1)N(C)C. The van der Waals surface area contributed by atoms with Crippen LogP contribution in [0.25, 0.3) is 0 Å². The first-order valence-electron chi connectivity index (χ1n) is 4.80. The number of rotatable bonds is 3. The molecule has 2 heteroatoms. The van der Waals surface area contributed by atoms with E-state index >= 15 is 0 Å². The zero-order chi connectivity index (χ0) is 9.84. The van der Waals surface area contributed by atoms with Gasteiger partial charge in [-0.3, -0.25) is 0 Å². The van der Waals surface area contributed by atoms with Gasteiger partial charge in [0.1, 0.15) is 0 Å². The molecule has 0 aromatic rings. The number of hydrogen-bond donors (Lipinski definition) is 1. The maximum Gasteiger partial charge on any atom is 0.0757 e. The molecule has 0 bridgehead atoms. The molecule has 0 aromatic carbocycles. The van der Waals surface area contributed by atoms with Gasteiger partial charge in [0, 0.05) is 12.0 Å². The van der Waals surface area contributed by atoms with E-state index in [0.717, 1.165) is 6.42 Å². The molecule has 3 atom stereocenters. The Morgan fingerprint density at radius 2 is 2.08 bits per heavy atom. The van der Waals surface area contributed by atoms with E-state index in [1.54, 1.807) is 0 Å². The van der Waals surface area contributed by atoms with Crippen molar-refractivity contribution >= 4 is 0 Å². The smallest absolute Gasteiger partial charge is 0.0757 e. The van der Waals surface area contributed by atoms with Gasteiger partial charge in [-0.15, -0.1) is 0 Å². The molecule has 0 saturated heterocycles. The molecule has 0 amide bonds. The van der Waals surface area contributed by atoms with Gasteiger partial charge < -0.3 is 10.0 Å². The lowest BCUT2D eigenvalue weighted by atomic mass is 9.90. The molecule has 2 nitrogen and oxygen atoms in total. The molecular formula is C11H19NO. The van der Waals surface area contributed by atoms with E-state index in [0.29, 0.717) is 0 Å². The van der Waals surface area contributed by atoms with Crippen LogP contribution in [0.5, 0.6) is 0 Å². The quantitative estimate of drug-likeness (QED) is 0.712. The fourth-order valence-electron chi connectivity index (χ4n) is 1.52. The Hall–Kier alpha value is -0.600. The summed E-state index contributed by atoms with van der Waals surface area (Å²) < 4.78 is 0. The lowest BCUT2D eigenvalue weighted by Crippen LogP contribution is -2.40. The van der Waals surface area contributed by atoms with Crippen molar-refractivity contribution in [2.24, 2.45) is 5.92 Å². The molecular weight excluding hydrogens is 162 g/mol. The minimum atomic E-state index is -0.267. The minimum Gasteiger partial charge on any atom is -0.391 e. The van der Waals surface area contributed by atoms with E-state index < -0.39 is 0 Å². The third-order valence-electron chi connectivity index (χ3n) is 2.76. The lowest BCUT2D eigenvalue weighted by molar-refractivity contribution is 0.0533. The van der Waals surface area contributed by atoms with Crippen molar-refractivity contribution in [3.63, 3.8) is 0 Å². The minimum absolute atomic E-state index is 0.209. The van der Waals surface area contributed by atoms with Crippen molar-refractivity contribution < 1.29 is 5.11 Å². The number of aliphatic hydroxyl groups is 1. The van der Waals surface area contributed by atoms with Gasteiger partial charge in [-0.2, -0.15) is 0 Å². The molecule has 0 fully saturated rings. The zero-order valence-electron chi connectivity index (χ0n) is 8.64. The van der Waals surface area contributed by atoms with Crippen LogP contribution >= 0.6 is 0 Å². The average Bonchev–Trinajstić information content (AvgIpc) is 2.17. The van der Waals surface area contributed by atoms with Crippen LogP contribution in [0.4, 0.5) is 0 Å². The fraction of sp³-hybridized carbons (Fsp3) is 0.636. The Balaban J connectivity index is 2.51. The predicted molar refractivity (Wildman–Crippen MR) is 55.5 cm³/mol. The van der Waals surface area contributed by atoms with Crippen LogP contribution in [0.2, 0.25) is 0 Å². The Kier molecular flexibility index (Phi) is 3.70. The van der Waals surface area contributed by atoms with Gasteiger partial charge in [-0.05, 0) is 27.4 Å². The summed E-state index contributed by atoms with van der Waals surface area (Å²) in [7, 11) is 3.99. The van der Waals surface area contributed by atoms with Crippen molar-refractivity contribution in [3.8, 4) is 0 Å². The van der Waals surface area contributed by atoms with E-state index in [1.165, 1.54) is 0 Å². The van der Waals surface area contributed by atoms with Crippen LogP contribution < -0.4 is 0 Å². The Labute approximate surface area is 80.6 Å². The topological polar surface area (TPSA) is 23.5 Å².